The van der Waals surface area contributed by atoms with Gasteiger partial charge in [0.1, 0.15) is 17.3 Å². The monoisotopic (exact) mass is 284 g/mol. The third kappa shape index (κ3) is 2.45. The van der Waals surface area contributed by atoms with E-state index in [1.165, 1.54) is 6.07 Å². The van der Waals surface area contributed by atoms with Crippen LogP contribution in [0.4, 0.5) is 14.5 Å². The summed E-state index contributed by atoms with van der Waals surface area (Å²) in [6.45, 7) is 0. The van der Waals surface area contributed by atoms with Gasteiger partial charge in [0.25, 0.3) is 0 Å². The molecule has 3 aromatic rings. The standard InChI is InChI=1S/C16H10F2N2O/c17-10-5-9(6-11(18)7-10)16(21)15-8-13(19)12-3-1-2-4-14(12)20-15/h1-8H,(H2,19,20). The Kier molecular flexibility index (Phi) is 3.10. The number of hydrogen-bond donors (Lipinski definition) is 1. The molecule has 5 heteroatoms. The second-order valence-electron chi connectivity index (χ2n) is 4.60. The maximum absolute atomic E-state index is 13.2. The van der Waals surface area contributed by atoms with E-state index in [0.717, 1.165) is 17.5 Å². The maximum Gasteiger partial charge on any atom is 0.211 e. The van der Waals surface area contributed by atoms with E-state index < -0.39 is 17.4 Å². The SMILES string of the molecule is Nc1cc(C(=O)c2cc(F)cc(F)c2)nc2ccccc12. The molecule has 0 atom stereocenters. The van der Waals surface area contributed by atoms with E-state index in [9.17, 15) is 13.6 Å². The molecule has 0 bridgehead atoms. The highest BCUT2D eigenvalue weighted by Gasteiger charge is 2.15. The third-order valence-electron chi connectivity index (χ3n) is 3.11. The van der Waals surface area contributed by atoms with Crippen molar-refractivity contribution in [1.82, 2.24) is 4.98 Å². The normalized spacial score (nSPS) is 10.8. The molecular formula is C16H10F2N2O. The molecule has 0 aliphatic rings. The molecule has 3 nitrogen and oxygen atoms in total. The van der Waals surface area contributed by atoms with Crippen LogP contribution in [0.15, 0.2) is 48.5 Å². The summed E-state index contributed by atoms with van der Waals surface area (Å²) in [7, 11) is 0. The number of anilines is 1. The summed E-state index contributed by atoms with van der Waals surface area (Å²) < 4.78 is 26.4. The van der Waals surface area contributed by atoms with Crippen molar-refractivity contribution in [2.24, 2.45) is 0 Å². The second-order valence-corrected chi connectivity index (χ2v) is 4.60. The number of rotatable bonds is 2. The molecule has 0 aliphatic carbocycles. The first-order valence-electron chi connectivity index (χ1n) is 6.20. The van der Waals surface area contributed by atoms with Crippen molar-refractivity contribution in [1.29, 1.82) is 0 Å². The van der Waals surface area contributed by atoms with Crippen LogP contribution >= 0.6 is 0 Å². The van der Waals surface area contributed by atoms with Crippen molar-refractivity contribution in [3.63, 3.8) is 0 Å². The van der Waals surface area contributed by atoms with Crippen molar-refractivity contribution >= 4 is 22.4 Å². The number of para-hydroxylation sites is 1. The lowest BCUT2D eigenvalue weighted by atomic mass is 10.1. The Bertz CT molecular complexity index is 842. The summed E-state index contributed by atoms with van der Waals surface area (Å²) in [4.78, 5) is 16.5. The Labute approximate surface area is 119 Å². The maximum atomic E-state index is 13.2. The van der Waals surface area contributed by atoms with Gasteiger partial charge in [0, 0.05) is 22.7 Å². The number of carbonyl (C=O) groups excluding carboxylic acids is 1. The molecule has 0 fully saturated rings. The minimum absolute atomic E-state index is 0.0520. The second kappa shape index (κ2) is 4.94. The summed E-state index contributed by atoms with van der Waals surface area (Å²) >= 11 is 0. The quantitative estimate of drug-likeness (QED) is 0.734. The van der Waals surface area contributed by atoms with Crippen LogP contribution in [-0.4, -0.2) is 10.8 Å². The molecule has 0 saturated heterocycles. The van der Waals surface area contributed by atoms with E-state index in [-0.39, 0.29) is 11.3 Å². The minimum Gasteiger partial charge on any atom is -0.398 e. The highest BCUT2D eigenvalue weighted by Crippen LogP contribution is 2.22. The van der Waals surface area contributed by atoms with Crippen LogP contribution in [-0.2, 0) is 0 Å². The summed E-state index contributed by atoms with van der Waals surface area (Å²) in [5.41, 5.74) is 6.79. The number of nitrogens with two attached hydrogens (primary N) is 1. The number of fused-ring (bicyclic) bond motifs is 1. The van der Waals surface area contributed by atoms with E-state index in [1.54, 1.807) is 18.2 Å². The first kappa shape index (κ1) is 13.2. The zero-order valence-corrected chi connectivity index (χ0v) is 10.8. The molecule has 0 radical (unpaired) electrons. The van der Waals surface area contributed by atoms with Gasteiger partial charge in [0.15, 0.2) is 0 Å². The van der Waals surface area contributed by atoms with Gasteiger partial charge in [-0.05, 0) is 24.3 Å². The molecule has 0 unspecified atom stereocenters. The highest BCUT2D eigenvalue weighted by molar-refractivity contribution is 6.09. The molecule has 3 rings (SSSR count). The topological polar surface area (TPSA) is 56.0 Å². The Morgan fingerprint density at radius 2 is 1.67 bits per heavy atom. The van der Waals surface area contributed by atoms with Crippen molar-refractivity contribution in [2.45, 2.75) is 0 Å². The van der Waals surface area contributed by atoms with Crippen LogP contribution < -0.4 is 5.73 Å². The van der Waals surface area contributed by atoms with E-state index in [2.05, 4.69) is 4.98 Å². The number of halogens is 2. The van der Waals surface area contributed by atoms with Gasteiger partial charge in [-0.25, -0.2) is 13.8 Å². The number of benzene rings is 2. The van der Waals surface area contributed by atoms with Gasteiger partial charge in [0.2, 0.25) is 5.78 Å². The molecule has 2 aromatic carbocycles. The molecule has 0 saturated carbocycles. The Morgan fingerprint density at radius 1 is 1.00 bits per heavy atom. The van der Waals surface area contributed by atoms with E-state index in [0.29, 0.717) is 17.3 Å². The fourth-order valence-corrected chi connectivity index (χ4v) is 2.15. The molecule has 1 aromatic heterocycles. The molecule has 21 heavy (non-hydrogen) atoms. The number of pyridine rings is 1. The summed E-state index contributed by atoms with van der Waals surface area (Å²) in [5.74, 6) is -2.20. The first-order chi connectivity index (χ1) is 10.0. The number of aromatic nitrogens is 1. The van der Waals surface area contributed by atoms with Gasteiger partial charge in [-0.2, -0.15) is 0 Å². The Hall–Kier alpha value is -2.82. The van der Waals surface area contributed by atoms with Crippen LogP contribution in [0.25, 0.3) is 10.9 Å². The molecule has 2 N–H and O–H groups in total. The van der Waals surface area contributed by atoms with Gasteiger partial charge in [-0.3, -0.25) is 4.79 Å². The number of carbonyl (C=O) groups is 1. The van der Waals surface area contributed by atoms with Gasteiger partial charge >= 0.3 is 0 Å². The zero-order chi connectivity index (χ0) is 15.0. The zero-order valence-electron chi connectivity index (χ0n) is 10.8. The van der Waals surface area contributed by atoms with Crippen LogP contribution in [0.2, 0.25) is 0 Å². The summed E-state index contributed by atoms with van der Waals surface area (Å²) in [6.07, 6.45) is 0. The fourth-order valence-electron chi connectivity index (χ4n) is 2.15. The molecule has 1 heterocycles. The van der Waals surface area contributed by atoms with Crippen LogP contribution in [0.3, 0.4) is 0 Å². The predicted molar refractivity (Wildman–Crippen MR) is 75.9 cm³/mol. The minimum atomic E-state index is -0.813. The third-order valence-corrected chi connectivity index (χ3v) is 3.11. The van der Waals surface area contributed by atoms with Crippen molar-refractivity contribution < 1.29 is 13.6 Å². The van der Waals surface area contributed by atoms with Crippen molar-refractivity contribution in [3.05, 3.63) is 71.4 Å². The van der Waals surface area contributed by atoms with Gasteiger partial charge in [-0.15, -0.1) is 0 Å². The molecular weight excluding hydrogens is 274 g/mol. The Morgan fingerprint density at radius 3 is 2.38 bits per heavy atom. The number of nitrogens with zero attached hydrogens (tertiary/aromatic N) is 1. The summed E-state index contributed by atoms with van der Waals surface area (Å²) in [5, 5.41) is 0.722. The predicted octanol–water partition coefficient (Wildman–Crippen LogP) is 3.33. The molecule has 0 spiro atoms. The Balaban J connectivity index is 2.13. The first-order valence-corrected chi connectivity index (χ1v) is 6.20. The van der Waals surface area contributed by atoms with Crippen LogP contribution in [0.5, 0.6) is 0 Å². The van der Waals surface area contributed by atoms with Gasteiger partial charge < -0.3 is 5.73 Å². The van der Waals surface area contributed by atoms with Crippen molar-refractivity contribution in [2.75, 3.05) is 5.73 Å². The average Bonchev–Trinajstić information content (AvgIpc) is 2.45. The largest absolute Gasteiger partial charge is 0.398 e. The van der Waals surface area contributed by atoms with Gasteiger partial charge in [0.05, 0.1) is 5.52 Å². The molecule has 104 valence electrons. The van der Waals surface area contributed by atoms with Gasteiger partial charge in [-0.1, -0.05) is 18.2 Å². The number of nitrogen functional groups attached to an aromatic ring is 1. The average molecular weight is 284 g/mol. The summed E-state index contributed by atoms with van der Waals surface area (Å²) in [6, 6.07) is 11.1. The molecule has 0 aliphatic heterocycles. The smallest absolute Gasteiger partial charge is 0.211 e. The van der Waals surface area contributed by atoms with Crippen LogP contribution in [0, 0.1) is 11.6 Å². The lowest BCUT2D eigenvalue weighted by Gasteiger charge is -2.06. The van der Waals surface area contributed by atoms with E-state index in [1.807, 2.05) is 6.07 Å². The lowest BCUT2D eigenvalue weighted by Crippen LogP contribution is -2.06. The van der Waals surface area contributed by atoms with E-state index >= 15 is 0 Å². The number of hydrogen-bond acceptors (Lipinski definition) is 3. The number of ketones is 1. The highest BCUT2D eigenvalue weighted by atomic mass is 19.1. The van der Waals surface area contributed by atoms with Crippen LogP contribution in [0.1, 0.15) is 16.1 Å². The fraction of sp³-hybridized carbons (Fsp3) is 0. The lowest BCUT2D eigenvalue weighted by molar-refractivity contribution is 0.103. The van der Waals surface area contributed by atoms with E-state index in [4.69, 9.17) is 5.73 Å². The van der Waals surface area contributed by atoms with Crippen molar-refractivity contribution in [3.8, 4) is 0 Å². The molecule has 0 amide bonds.